The van der Waals surface area contributed by atoms with Crippen LogP contribution in [0.25, 0.3) is 0 Å². The number of rotatable bonds is 8. The topological polar surface area (TPSA) is 58.6 Å². The van der Waals surface area contributed by atoms with E-state index in [2.05, 4.69) is 19.2 Å². The minimum absolute atomic E-state index is 0.0182. The molecule has 4 nitrogen and oxygen atoms in total. The average Bonchev–Trinajstić information content (AvgIpc) is 2.10. The zero-order valence-corrected chi connectivity index (χ0v) is 10.1. The monoisotopic (exact) mass is 217 g/mol. The quantitative estimate of drug-likeness (QED) is 0.647. The molecule has 15 heavy (non-hydrogen) atoms. The number of hydrogen-bond acceptors (Lipinski definition) is 3. The van der Waals surface area contributed by atoms with Crippen molar-refractivity contribution in [2.24, 2.45) is 5.92 Å². The number of hydrogen-bond donors (Lipinski definition) is 2. The first-order valence-corrected chi connectivity index (χ1v) is 5.52. The Morgan fingerprint density at radius 3 is 2.40 bits per heavy atom. The smallest absolute Gasteiger partial charge is 0.304 e. The highest BCUT2D eigenvalue weighted by atomic mass is 16.5. The fourth-order valence-electron chi connectivity index (χ4n) is 1.36. The third-order valence-corrected chi connectivity index (χ3v) is 2.29. The normalized spacial score (nSPS) is 15.3. The molecule has 0 aliphatic carbocycles. The molecule has 0 saturated heterocycles. The SMILES string of the molecule is CCOCC(NC(C)CC(=O)O)C(C)C. The van der Waals surface area contributed by atoms with Crippen molar-refractivity contribution >= 4 is 5.97 Å². The lowest BCUT2D eigenvalue weighted by atomic mass is 10.0. The predicted octanol–water partition coefficient (Wildman–Crippen LogP) is 1.50. The lowest BCUT2D eigenvalue weighted by molar-refractivity contribution is -0.137. The molecule has 0 rings (SSSR count). The van der Waals surface area contributed by atoms with E-state index in [1.54, 1.807) is 0 Å². The van der Waals surface area contributed by atoms with Gasteiger partial charge in [0.2, 0.25) is 0 Å². The summed E-state index contributed by atoms with van der Waals surface area (Å²) in [7, 11) is 0. The zero-order valence-electron chi connectivity index (χ0n) is 10.1. The summed E-state index contributed by atoms with van der Waals surface area (Å²) in [5, 5.41) is 11.9. The highest BCUT2D eigenvalue weighted by molar-refractivity contribution is 5.67. The molecule has 2 atom stereocenters. The van der Waals surface area contributed by atoms with Crippen LogP contribution in [0.15, 0.2) is 0 Å². The molecule has 0 aromatic rings. The van der Waals surface area contributed by atoms with Crippen LogP contribution in [0.1, 0.15) is 34.1 Å². The molecule has 90 valence electrons. The van der Waals surface area contributed by atoms with E-state index < -0.39 is 5.97 Å². The molecule has 2 unspecified atom stereocenters. The first-order chi connectivity index (χ1) is 6.97. The van der Waals surface area contributed by atoms with Crippen molar-refractivity contribution in [1.82, 2.24) is 5.32 Å². The molecule has 2 N–H and O–H groups in total. The number of ether oxygens (including phenoxy) is 1. The Hall–Kier alpha value is -0.610. The Morgan fingerprint density at radius 1 is 1.40 bits per heavy atom. The number of aliphatic carboxylic acids is 1. The third-order valence-electron chi connectivity index (χ3n) is 2.29. The molecule has 0 spiro atoms. The second-order valence-electron chi connectivity index (χ2n) is 4.18. The van der Waals surface area contributed by atoms with E-state index in [1.165, 1.54) is 0 Å². The van der Waals surface area contributed by atoms with Gasteiger partial charge in [-0.05, 0) is 19.8 Å². The summed E-state index contributed by atoms with van der Waals surface area (Å²) in [5.41, 5.74) is 0. The lowest BCUT2D eigenvalue weighted by Crippen LogP contribution is -2.43. The van der Waals surface area contributed by atoms with E-state index in [-0.39, 0.29) is 18.5 Å². The molecule has 0 heterocycles. The number of carboxylic acid groups (broad SMARTS) is 1. The van der Waals surface area contributed by atoms with Crippen LogP contribution in [0.5, 0.6) is 0 Å². The summed E-state index contributed by atoms with van der Waals surface area (Å²) in [6.45, 7) is 9.37. The maximum atomic E-state index is 10.5. The molecule has 0 aromatic carbocycles. The van der Waals surface area contributed by atoms with Gasteiger partial charge in [-0.15, -0.1) is 0 Å². The van der Waals surface area contributed by atoms with Crippen LogP contribution >= 0.6 is 0 Å². The highest BCUT2D eigenvalue weighted by Crippen LogP contribution is 2.05. The highest BCUT2D eigenvalue weighted by Gasteiger charge is 2.17. The standard InChI is InChI=1S/C11H23NO3/c1-5-15-7-10(8(2)3)12-9(4)6-11(13)14/h8-10,12H,5-7H2,1-4H3,(H,13,14). The summed E-state index contributed by atoms with van der Waals surface area (Å²) in [5.74, 6) is -0.332. The van der Waals surface area contributed by atoms with Crippen molar-refractivity contribution in [3.63, 3.8) is 0 Å². The molecule has 0 saturated carbocycles. The number of carbonyl (C=O) groups is 1. The fourth-order valence-corrected chi connectivity index (χ4v) is 1.36. The van der Waals surface area contributed by atoms with E-state index in [4.69, 9.17) is 9.84 Å². The molecule has 0 aromatic heterocycles. The Bertz CT molecular complexity index is 183. The molecule has 0 fully saturated rings. The van der Waals surface area contributed by atoms with Crippen LogP contribution in [0.3, 0.4) is 0 Å². The van der Waals surface area contributed by atoms with Gasteiger partial charge < -0.3 is 15.2 Å². The van der Waals surface area contributed by atoms with Gasteiger partial charge in [0.1, 0.15) is 0 Å². The van der Waals surface area contributed by atoms with E-state index in [0.29, 0.717) is 19.1 Å². The second kappa shape index (κ2) is 7.65. The van der Waals surface area contributed by atoms with E-state index in [9.17, 15) is 4.79 Å². The molecule has 0 bridgehead atoms. The minimum Gasteiger partial charge on any atom is -0.481 e. The lowest BCUT2D eigenvalue weighted by Gasteiger charge is -2.25. The number of nitrogens with one attached hydrogen (secondary N) is 1. The van der Waals surface area contributed by atoms with Crippen molar-refractivity contribution in [1.29, 1.82) is 0 Å². The molecule has 0 amide bonds. The van der Waals surface area contributed by atoms with Gasteiger partial charge in [-0.25, -0.2) is 0 Å². The van der Waals surface area contributed by atoms with Gasteiger partial charge in [0.25, 0.3) is 0 Å². The summed E-state index contributed by atoms with van der Waals surface area (Å²) < 4.78 is 5.35. The zero-order chi connectivity index (χ0) is 11.8. The Morgan fingerprint density at radius 2 is 2.00 bits per heavy atom. The minimum atomic E-state index is -0.770. The van der Waals surface area contributed by atoms with Crippen molar-refractivity contribution in [2.75, 3.05) is 13.2 Å². The van der Waals surface area contributed by atoms with E-state index in [1.807, 2.05) is 13.8 Å². The van der Waals surface area contributed by atoms with E-state index >= 15 is 0 Å². The van der Waals surface area contributed by atoms with Crippen molar-refractivity contribution in [3.8, 4) is 0 Å². The summed E-state index contributed by atoms with van der Waals surface area (Å²) in [6.07, 6.45) is 0.148. The van der Waals surface area contributed by atoms with Crippen LogP contribution < -0.4 is 5.32 Å². The van der Waals surface area contributed by atoms with Gasteiger partial charge in [0.15, 0.2) is 0 Å². The maximum Gasteiger partial charge on any atom is 0.304 e. The fraction of sp³-hybridized carbons (Fsp3) is 0.909. The van der Waals surface area contributed by atoms with Crippen molar-refractivity contribution in [3.05, 3.63) is 0 Å². The first-order valence-electron chi connectivity index (χ1n) is 5.52. The van der Waals surface area contributed by atoms with Gasteiger partial charge in [-0.2, -0.15) is 0 Å². The van der Waals surface area contributed by atoms with Gasteiger partial charge >= 0.3 is 5.97 Å². The predicted molar refractivity (Wildman–Crippen MR) is 60.0 cm³/mol. The molecule has 4 heteroatoms. The summed E-state index contributed by atoms with van der Waals surface area (Å²) in [4.78, 5) is 10.5. The van der Waals surface area contributed by atoms with Crippen LogP contribution in [0.2, 0.25) is 0 Å². The Labute approximate surface area is 92.0 Å². The van der Waals surface area contributed by atoms with Crippen LogP contribution in [-0.4, -0.2) is 36.4 Å². The Balaban J connectivity index is 3.97. The molecule has 0 aliphatic rings. The van der Waals surface area contributed by atoms with E-state index in [0.717, 1.165) is 0 Å². The van der Waals surface area contributed by atoms with Crippen molar-refractivity contribution in [2.45, 2.75) is 46.2 Å². The van der Waals surface area contributed by atoms with Gasteiger partial charge in [0.05, 0.1) is 13.0 Å². The summed E-state index contributed by atoms with van der Waals surface area (Å²) in [6, 6.07) is 0.203. The molecular weight excluding hydrogens is 194 g/mol. The van der Waals surface area contributed by atoms with Crippen molar-refractivity contribution < 1.29 is 14.6 Å². The molecule has 0 radical (unpaired) electrons. The van der Waals surface area contributed by atoms with Crippen LogP contribution in [0.4, 0.5) is 0 Å². The number of carboxylic acids is 1. The van der Waals surface area contributed by atoms with Crippen LogP contribution in [-0.2, 0) is 9.53 Å². The second-order valence-corrected chi connectivity index (χ2v) is 4.18. The average molecular weight is 217 g/mol. The third kappa shape index (κ3) is 7.33. The van der Waals surface area contributed by atoms with Gasteiger partial charge in [-0.3, -0.25) is 4.79 Å². The molecular formula is C11H23NO3. The van der Waals surface area contributed by atoms with Crippen LogP contribution in [0, 0.1) is 5.92 Å². The largest absolute Gasteiger partial charge is 0.481 e. The summed E-state index contributed by atoms with van der Waals surface area (Å²) >= 11 is 0. The maximum absolute atomic E-state index is 10.5. The molecule has 0 aliphatic heterocycles. The van der Waals surface area contributed by atoms with Gasteiger partial charge in [0, 0.05) is 18.7 Å². The van der Waals surface area contributed by atoms with Gasteiger partial charge in [-0.1, -0.05) is 13.8 Å². The first kappa shape index (κ1) is 14.4. The Kier molecular flexibility index (Phi) is 7.34.